The molecule has 1 saturated carbocycles. The predicted molar refractivity (Wildman–Crippen MR) is 74.0 cm³/mol. The highest BCUT2D eigenvalue weighted by molar-refractivity contribution is 5.63. The van der Waals surface area contributed by atoms with E-state index in [-0.39, 0.29) is 11.7 Å². The molecule has 4 nitrogen and oxygen atoms in total. The molecular weight excluding hydrogens is 247 g/mol. The van der Waals surface area contributed by atoms with Crippen molar-refractivity contribution in [3.8, 4) is 5.75 Å². The molecule has 0 spiro atoms. The molecule has 2 atom stereocenters. The second-order valence-electron chi connectivity index (χ2n) is 5.08. The second kappa shape index (κ2) is 5.65. The van der Waals surface area contributed by atoms with E-state index in [1.807, 2.05) is 0 Å². The number of aliphatic hydroxyl groups excluding tert-OH is 1. The number of nitrogens with zero attached hydrogens (tertiary/aromatic N) is 1. The lowest BCUT2D eigenvalue weighted by Crippen LogP contribution is -2.43. The quantitative estimate of drug-likeness (QED) is 0.825. The first-order valence-corrected chi connectivity index (χ1v) is 6.58. The van der Waals surface area contributed by atoms with Gasteiger partial charge in [0.05, 0.1) is 30.6 Å². The van der Waals surface area contributed by atoms with E-state index < -0.39 is 11.9 Å². The Bertz CT molecular complexity index is 453. The van der Waals surface area contributed by atoms with Crippen LogP contribution >= 0.6 is 0 Å². The van der Waals surface area contributed by atoms with Crippen LogP contribution in [0, 0.1) is 5.82 Å². The van der Waals surface area contributed by atoms with Gasteiger partial charge in [-0.3, -0.25) is 0 Å². The Kier molecular flexibility index (Phi) is 4.14. The molecule has 2 rings (SSSR count). The zero-order valence-corrected chi connectivity index (χ0v) is 11.4. The van der Waals surface area contributed by atoms with Gasteiger partial charge in [-0.15, -0.1) is 0 Å². The summed E-state index contributed by atoms with van der Waals surface area (Å²) in [6.07, 6.45) is 3.30. The van der Waals surface area contributed by atoms with Crippen molar-refractivity contribution in [2.24, 2.45) is 0 Å². The summed E-state index contributed by atoms with van der Waals surface area (Å²) in [5.41, 5.74) is 6.37. The van der Waals surface area contributed by atoms with Crippen LogP contribution in [0.2, 0.25) is 0 Å². The van der Waals surface area contributed by atoms with E-state index in [1.165, 1.54) is 13.2 Å². The molecule has 5 heteroatoms. The highest BCUT2D eigenvalue weighted by Gasteiger charge is 2.28. The van der Waals surface area contributed by atoms with Gasteiger partial charge in [0.15, 0.2) is 0 Å². The van der Waals surface area contributed by atoms with Crippen molar-refractivity contribution in [3.63, 3.8) is 0 Å². The van der Waals surface area contributed by atoms with Gasteiger partial charge in [0, 0.05) is 19.2 Å². The van der Waals surface area contributed by atoms with Crippen molar-refractivity contribution in [2.45, 2.75) is 37.8 Å². The van der Waals surface area contributed by atoms with Gasteiger partial charge in [-0.1, -0.05) is 12.8 Å². The second-order valence-corrected chi connectivity index (χ2v) is 5.08. The number of halogens is 1. The van der Waals surface area contributed by atoms with Crippen LogP contribution in [0.25, 0.3) is 0 Å². The van der Waals surface area contributed by atoms with Gasteiger partial charge in [0.1, 0.15) is 11.6 Å². The summed E-state index contributed by atoms with van der Waals surface area (Å²) in [5.74, 6) is 0.0622. The first-order chi connectivity index (χ1) is 9.04. The number of nitrogen functional groups attached to an aromatic ring is 1. The van der Waals surface area contributed by atoms with Gasteiger partial charge in [0.25, 0.3) is 0 Å². The molecule has 0 amide bonds. The number of likely N-dealkylation sites (N-methyl/N-ethyl adjacent to an activating group) is 1. The van der Waals surface area contributed by atoms with Crippen LogP contribution in [-0.2, 0) is 0 Å². The first-order valence-electron chi connectivity index (χ1n) is 6.58. The predicted octanol–water partition coefficient (Wildman–Crippen LogP) is 2.16. The number of benzene rings is 1. The van der Waals surface area contributed by atoms with E-state index in [1.54, 1.807) is 18.0 Å². The highest BCUT2D eigenvalue weighted by Crippen LogP contribution is 2.33. The van der Waals surface area contributed by atoms with Gasteiger partial charge in [0.2, 0.25) is 0 Å². The van der Waals surface area contributed by atoms with Gasteiger partial charge in [-0.05, 0) is 12.8 Å². The summed E-state index contributed by atoms with van der Waals surface area (Å²) >= 11 is 0. The topological polar surface area (TPSA) is 58.7 Å². The molecule has 0 aliphatic heterocycles. The van der Waals surface area contributed by atoms with Crippen molar-refractivity contribution >= 4 is 11.4 Å². The number of hydrogen-bond acceptors (Lipinski definition) is 4. The molecule has 0 radical (unpaired) electrons. The lowest BCUT2D eigenvalue weighted by atomic mass is 9.91. The Morgan fingerprint density at radius 1 is 1.37 bits per heavy atom. The standard InChI is InChI=1S/C14H21FN2O2/c1-17(11-5-3-4-6-13(11)18)12-8-14(19-2)10(16)7-9(12)15/h7-8,11,13,18H,3-6,16H2,1-2H3. The number of hydrogen-bond donors (Lipinski definition) is 2. The van der Waals surface area contributed by atoms with Crippen LogP contribution in [0.15, 0.2) is 12.1 Å². The van der Waals surface area contributed by atoms with Crippen LogP contribution in [0.3, 0.4) is 0 Å². The average Bonchev–Trinajstić information content (AvgIpc) is 2.39. The number of ether oxygens (including phenoxy) is 1. The van der Waals surface area contributed by atoms with Gasteiger partial charge in [-0.2, -0.15) is 0 Å². The third-order valence-corrected chi connectivity index (χ3v) is 3.87. The van der Waals surface area contributed by atoms with Crippen LogP contribution < -0.4 is 15.4 Å². The lowest BCUT2D eigenvalue weighted by molar-refractivity contribution is 0.106. The Balaban J connectivity index is 2.29. The SMILES string of the molecule is COc1cc(N(C)C2CCCCC2O)c(F)cc1N. The highest BCUT2D eigenvalue weighted by atomic mass is 19.1. The Morgan fingerprint density at radius 2 is 2.05 bits per heavy atom. The van der Waals surface area contributed by atoms with E-state index in [2.05, 4.69) is 0 Å². The van der Waals surface area contributed by atoms with E-state index in [9.17, 15) is 9.50 Å². The minimum atomic E-state index is -0.415. The summed E-state index contributed by atoms with van der Waals surface area (Å²) < 4.78 is 19.2. The van der Waals surface area contributed by atoms with Crippen LogP contribution in [-0.4, -0.2) is 31.4 Å². The average molecular weight is 268 g/mol. The fraction of sp³-hybridized carbons (Fsp3) is 0.571. The van der Waals surface area contributed by atoms with Crippen molar-refractivity contribution < 1.29 is 14.2 Å². The van der Waals surface area contributed by atoms with Gasteiger partial charge in [-0.25, -0.2) is 4.39 Å². The fourth-order valence-electron chi connectivity index (χ4n) is 2.73. The number of anilines is 2. The molecule has 106 valence electrons. The maximum Gasteiger partial charge on any atom is 0.148 e. The van der Waals surface area contributed by atoms with E-state index >= 15 is 0 Å². The summed E-state index contributed by atoms with van der Waals surface area (Å²) in [7, 11) is 3.30. The molecule has 1 aromatic carbocycles. The van der Waals surface area contributed by atoms with E-state index in [4.69, 9.17) is 10.5 Å². The van der Waals surface area contributed by atoms with E-state index in [0.29, 0.717) is 11.4 Å². The van der Waals surface area contributed by atoms with Crippen molar-refractivity contribution in [2.75, 3.05) is 24.8 Å². The Labute approximate surface area is 113 Å². The third kappa shape index (κ3) is 2.76. The summed E-state index contributed by atoms with van der Waals surface area (Å²) in [4.78, 5) is 1.79. The fourth-order valence-corrected chi connectivity index (χ4v) is 2.73. The van der Waals surface area contributed by atoms with Crippen LogP contribution in [0.4, 0.5) is 15.8 Å². The molecule has 1 fully saturated rings. The Morgan fingerprint density at radius 3 is 2.68 bits per heavy atom. The number of aliphatic hydroxyl groups is 1. The molecule has 19 heavy (non-hydrogen) atoms. The maximum absolute atomic E-state index is 14.0. The zero-order chi connectivity index (χ0) is 14.0. The maximum atomic E-state index is 14.0. The number of methoxy groups -OCH3 is 1. The normalized spacial score (nSPS) is 23.2. The molecule has 2 unspecified atom stereocenters. The minimum Gasteiger partial charge on any atom is -0.495 e. The first kappa shape index (κ1) is 13.9. The minimum absolute atomic E-state index is 0.0587. The lowest BCUT2D eigenvalue weighted by Gasteiger charge is -2.36. The third-order valence-electron chi connectivity index (χ3n) is 3.87. The molecule has 1 aliphatic carbocycles. The van der Waals surface area contributed by atoms with E-state index in [0.717, 1.165) is 25.7 Å². The summed E-state index contributed by atoms with van der Waals surface area (Å²) in [6.45, 7) is 0. The molecule has 0 saturated heterocycles. The van der Waals surface area contributed by atoms with Gasteiger partial charge < -0.3 is 20.5 Å². The van der Waals surface area contributed by atoms with Crippen molar-refractivity contribution in [3.05, 3.63) is 17.9 Å². The zero-order valence-electron chi connectivity index (χ0n) is 11.4. The molecule has 1 aromatic rings. The summed E-state index contributed by atoms with van der Waals surface area (Å²) in [5, 5.41) is 10.1. The Hall–Kier alpha value is -1.49. The molecular formula is C14H21FN2O2. The number of nitrogens with two attached hydrogens (primary N) is 1. The van der Waals surface area contributed by atoms with Crippen LogP contribution in [0.1, 0.15) is 25.7 Å². The van der Waals surface area contributed by atoms with Crippen LogP contribution in [0.5, 0.6) is 5.75 Å². The molecule has 1 aliphatic rings. The van der Waals surface area contributed by atoms with Crippen molar-refractivity contribution in [1.82, 2.24) is 0 Å². The molecule has 0 bridgehead atoms. The molecule has 0 aromatic heterocycles. The largest absolute Gasteiger partial charge is 0.495 e. The summed E-state index contributed by atoms with van der Waals surface area (Å²) in [6, 6.07) is 2.79. The van der Waals surface area contributed by atoms with Crippen molar-refractivity contribution in [1.29, 1.82) is 0 Å². The van der Waals surface area contributed by atoms with Gasteiger partial charge >= 0.3 is 0 Å². The monoisotopic (exact) mass is 268 g/mol. The number of rotatable bonds is 3. The smallest absolute Gasteiger partial charge is 0.148 e. The molecule has 0 heterocycles. The molecule has 3 N–H and O–H groups in total.